The van der Waals surface area contributed by atoms with E-state index in [0.29, 0.717) is 0 Å². The van der Waals surface area contributed by atoms with E-state index in [-0.39, 0.29) is 21.5 Å². The molecule has 2 aromatic carbocycles. The molecule has 0 aliphatic rings. The van der Waals surface area contributed by atoms with E-state index in [2.05, 4.69) is 15.9 Å². The van der Waals surface area contributed by atoms with E-state index in [1.807, 2.05) is 0 Å². The SMILES string of the molecule is N#Cc1cc([N+](=O)[O-])ccc1Oc1cc(Br)cc(F)c1F. The van der Waals surface area contributed by atoms with Crippen LogP contribution in [-0.4, -0.2) is 4.92 Å². The summed E-state index contributed by atoms with van der Waals surface area (Å²) in [4.78, 5) is 9.95. The number of halogens is 3. The molecule has 5 nitrogen and oxygen atoms in total. The van der Waals surface area contributed by atoms with E-state index < -0.39 is 22.3 Å². The van der Waals surface area contributed by atoms with Gasteiger partial charge in [-0.05, 0) is 18.2 Å². The van der Waals surface area contributed by atoms with Gasteiger partial charge in [0.1, 0.15) is 17.4 Å². The Morgan fingerprint density at radius 3 is 2.57 bits per heavy atom. The van der Waals surface area contributed by atoms with Gasteiger partial charge in [0.15, 0.2) is 11.6 Å². The molecule has 0 N–H and O–H groups in total. The van der Waals surface area contributed by atoms with E-state index in [0.717, 1.165) is 24.3 Å². The van der Waals surface area contributed by atoms with E-state index in [9.17, 15) is 18.9 Å². The van der Waals surface area contributed by atoms with Gasteiger partial charge in [-0.2, -0.15) is 9.65 Å². The molecule has 21 heavy (non-hydrogen) atoms. The summed E-state index contributed by atoms with van der Waals surface area (Å²) in [6.45, 7) is 0. The first-order chi connectivity index (χ1) is 9.92. The molecule has 2 rings (SSSR count). The molecule has 0 saturated carbocycles. The Balaban J connectivity index is 2.45. The fourth-order valence-electron chi connectivity index (χ4n) is 1.53. The number of nitro groups is 1. The van der Waals surface area contributed by atoms with Crippen LogP contribution in [-0.2, 0) is 0 Å². The zero-order valence-corrected chi connectivity index (χ0v) is 11.7. The second-order valence-corrected chi connectivity index (χ2v) is 4.77. The van der Waals surface area contributed by atoms with Crippen molar-refractivity contribution in [1.82, 2.24) is 0 Å². The predicted octanol–water partition coefficient (Wildman–Crippen LogP) is 4.30. The molecule has 0 saturated heterocycles. The lowest BCUT2D eigenvalue weighted by molar-refractivity contribution is -0.384. The maximum atomic E-state index is 13.6. The number of ether oxygens (including phenoxy) is 1. The van der Waals surface area contributed by atoms with E-state index >= 15 is 0 Å². The van der Waals surface area contributed by atoms with Crippen molar-refractivity contribution in [3.8, 4) is 17.6 Å². The van der Waals surface area contributed by atoms with Gasteiger partial charge < -0.3 is 4.74 Å². The molecule has 2 aromatic rings. The van der Waals surface area contributed by atoms with Crippen molar-refractivity contribution in [1.29, 1.82) is 5.26 Å². The first kappa shape index (κ1) is 14.9. The largest absolute Gasteiger partial charge is 0.453 e. The molecule has 0 amide bonds. The number of nitriles is 1. The number of nitrogens with zero attached hydrogens (tertiary/aromatic N) is 2. The summed E-state index contributed by atoms with van der Waals surface area (Å²) >= 11 is 2.99. The monoisotopic (exact) mass is 354 g/mol. The number of hydrogen-bond donors (Lipinski definition) is 0. The van der Waals surface area contributed by atoms with Crippen molar-refractivity contribution in [3.05, 3.63) is 62.1 Å². The molecule has 0 spiro atoms. The lowest BCUT2D eigenvalue weighted by Crippen LogP contribution is -1.95. The molecule has 0 fully saturated rings. The average Bonchev–Trinajstić information content (AvgIpc) is 2.44. The number of non-ortho nitro benzene ring substituents is 1. The molecule has 0 aromatic heterocycles. The summed E-state index contributed by atoms with van der Waals surface area (Å²) in [6, 6.07) is 7.04. The predicted molar refractivity (Wildman–Crippen MR) is 71.9 cm³/mol. The summed E-state index contributed by atoms with van der Waals surface area (Å²) in [7, 11) is 0. The van der Waals surface area contributed by atoms with Crippen LogP contribution in [0.15, 0.2) is 34.8 Å². The maximum absolute atomic E-state index is 13.6. The lowest BCUT2D eigenvalue weighted by Gasteiger charge is -2.09. The molecule has 0 heterocycles. The first-order valence-electron chi connectivity index (χ1n) is 5.43. The van der Waals surface area contributed by atoms with Gasteiger partial charge in [0.25, 0.3) is 5.69 Å². The van der Waals surface area contributed by atoms with E-state index in [1.54, 1.807) is 6.07 Å². The fraction of sp³-hybridized carbons (Fsp3) is 0. The van der Waals surface area contributed by atoms with Gasteiger partial charge in [-0.1, -0.05) is 15.9 Å². The molecular formula is C13H5BrF2N2O3. The van der Waals surface area contributed by atoms with Gasteiger partial charge in [-0.25, -0.2) is 4.39 Å². The summed E-state index contributed by atoms with van der Waals surface area (Å²) in [5.74, 6) is -2.90. The Kier molecular flexibility index (Phi) is 4.14. The van der Waals surface area contributed by atoms with Crippen LogP contribution in [0.3, 0.4) is 0 Å². The fourth-order valence-corrected chi connectivity index (χ4v) is 1.94. The molecule has 0 unspecified atom stereocenters. The molecule has 0 radical (unpaired) electrons. The highest BCUT2D eigenvalue weighted by molar-refractivity contribution is 9.10. The summed E-state index contributed by atoms with van der Waals surface area (Å²) in [5, 5.41) is 19.6. The normalized spacial score (nSPS) is 10.0. The highest BCUT2D eigenvalue weighted by Gasteiger charge is 2.16. The summed E-state index contributed by atoms with van der Waals surface area (Å²) in [5.41, 5.74) is -0.469. The minimum atomic E-state index is -1.22. The van der Waals surface area contributed by atoms with Crippen LogP contribution in [0.5, 0.6) is 11.5 Å². The van der Waals surface area contributed by atoms with Crippen LogP contribution in [0, 0.1) is 33.1 Å². The summed E-state index contributed by atoms with van der Waals surface area (Å²) < 4.78 is 32.2. The quantitative estimate of drug-likeness (QED) is 0.467. The summed E-state index contributed by atoms with van der Waals surface area (Å²) in [6.07, 6.45) is 0. The lowest BCUT2D eigenvalue weighted by atomic mass is 10.2. The van der Waals surface area contributed by atoms with Crippen molar-refractivity contribution in [3.63, 3.8) is 0 Å². The number of rotatable bonds is 3. The average molecular weight is 355 g/mol. The second kappa shape index (κ2) is 5.85. The maximum Gasteiger partial charge on any atom is 0.271 e. The molecular weight excluding hydrogens is 350 g/mol. The van der Waals surface area contributed by atoms with Crippen molar-refractivity contribution in [2.45, 2.75) is 0 Å². The van der Waals surface area contributed by atoms with Crippen LogP contribution in [0.25, 0.3) is 0 Å². The minimum Gasteiger partial charge on any atom is -0.453 e. The highest BCUT2D eigenvalue weighted by atomic mass is 79.9. The third kappa shape index (κ3) is 3.14. The first-order valence-corrected chi connectivity index (χ1v) is 6.22. The Bertz CT molecular complexity index is 775. The zero-order valence-electron chi connectivity index (χ0n) is 10.1. The molecule has 106 valence electrons. The highest BCUT2D eigenvalue weighted by Crippen LogP contribution is 2.32. The minimum absolute atomic E-state index is 0.112. The van der Waals surface area contributed by atoms with Gasteiger partial charge in [0.05, 0.1) is 4.92 Å². The molecule has 0 aliphatic heterocycles. The third-order valence-corrected chi connectivity index (χ3v) is 2.93. The molecule has 0 atom stereocenters. The molecule has 0 bridgehead atoms. The van der Waals surface area contributed by atoms with Gasteiger partial charge >= 0.3 is 0 Å². The van der Waals surface area contributed by atoms with E-state index in [4.69, 9.17) is 10.00 Å². The topological polar surface area (TPSA) is 76.2 Å². The third-order valence-electron chi connectivity index (χ3n) is 2.47. The van der Waals surface area contributed by atoms with Crippen molar-refractivity contribution >= 4 is 21.6 Å². The zero-order chi connectivity index (χ0) is 15.6. The Morgan fingerprint density at radius 2 is 1.95 bits per heavy atom. The number of hydrogen-bond acceptors (Lipinski definition) is 4. The standard InChI is InChI=1S/C13H5BrF2N2O3/c14-8-4-10(15)13(16)12(5-8)21-11-2-1-9(18(19)20)3-7(11)6-17/h1-5H. The smallest absolute Gasteiger partial charge is 0.271 e. The molecule has 8 heteroatoms. The van der Waals surface area contributed by atoms with Gasteiger partial charge in [0, 0.05) is 16.6 Å². The van der Waals surface area contributed by atoms with Crippen LogP contribution < -0.4 is 4.74 Å². The van der Waals surface area contributed by atoms with Crippen molar-refractivity contribution in [2.75, 3.05) is 0 Å². The Hall–Kier alpha value is -2.53. The van der Waals surface area contributed by atoms with Crippen LogP contribution in [0.4, 0.5) is 14.5 Å². The van der Waals surface area contributed by atoms with Gasteiger partial charge in [-0.3, -0.25) is 10.1 Å². The van der Waals surface area contributed by atoms with Crippen LogP contribution in [0.1, 0.15) is 5.56 Å². The second-order valence-electron chi connectivity index (χ2n) is 3.85. The Morgan fingerprint density at radius 1 is 1.24 bits per heavy atom. The van der Waals surface area contributed by atoms with Gasteiger partial charge in [-0.15, -0.1) is 0 Å². The van der Waals surface area contributed by atoms with Crippen molar-refractivity contribution in [2.24, 2.45) is 0 Å². The molecule has 0 aliphatic carbocycles. The van der Waals surface area contributed by atoms with Crippen LogP contribution >= 0.6 is 15.9 Å². The van der Waals surface area contributed by atoms with Crippen molar-refractivity contribution < 1.29 is 18.4 Å². The van der Waals surface area contributed by atoms with Crippen LogP contribution in [0.2, 0.25) is 0 Å². The Labute approximate surface area is 125 Å². The van der Waals surface area contributed by atoms with E-state index in [1.165, 1.54) is 6.07 Å². The van der Waals surface area contributed by atoms with Gasteiger partial charge in [0.2, 0.25) is 5.82 Å². The number of benzene rings is 2. The number of nitro benzene ring substituents is 1.